The van der Waals surface area contributed by atoms with Crippen LogP contribution in [0, 0.1) is 13.8 Å². The van der Waals surface area contributed by atoms with Crippen LogP contribution in [0.2, 0.25) is 0 Å². The molecule has 1 atom stereocenters. The molecule has 2 amide bonds. The van der Waals surface area contributed by atoms with Gasteiger partial charge in [0.1, 0.15) is 5.37 Å². The minimum Gasteiger partial charge on any atom is -0.322 e. The zero-order valence-electron chi connectivity index (χ0n) is 16.4. The maximum Gasteiger partial charge on any atom is 0.255 e. The molecule has 1 heterocycles. The minimum absolute atomic E-state index is 0.0814. The molecule has 1 saturated heterocycles. The number of rotatable bonds is 4. The first-order chi connectivity index (χ1) is 14.0. The second-order valence-corrected chi connectivity index (χ2v) is 8.19. The monoisotopic (exact) mass is 402 g/mol. The van der Waals surface area contributed by atoms with E-state index in [-0.39, 0.29) is 17.2 Å². The highest BCUT2D eigenvalue weighted by Crippen LogP contribution is 2.45. The molecule has 1 fully saturated rings. The predicted molar refractivity (Wildman–Crippen MR) is 119 cm³/mol. The van der Waals surface area contributed by atoms with Crippen LogP contribution in [0.25, 0.3) is 0 Å². The fourth-order valence-electron chi connectivity index (χ4n) is 3.50. The summed E-state index contributed by atoms with van der Waals surface area (Å²) in [6.07, 6.45) is 0. The van der Waals surface area contributed by atoms with Crippen molar-refractivity contribution < 1.29 is 9.59 Å². The Balaban J connectivity index is 1.70. The zero-order valence-corrected chi connectivity index (χ0v) is 17.2. The molecule has 0 saturated carbocycles. The van der Waals surface area contributed by atoms with Gasteiger partial charge in [0.25, 0.3) is 5.91 Å². The van der Waals surface area contributed by atoms with Gasteiger partial charge in [-0.2, -0.15) is 0 Å². The van der Waals surface area contributed by atoms with E-state index in [9.17, 15) is 9.59 Å². The van der Waals surface area contributed by atoms with Crippen molar-refractivity contribution in [2.75, 3.05) is 16.0 Å². The molecule has 0 aromatic heterocycles. The molecule has 1 aliphatic heterocycles. The Morgan fingerprint density at radius 2 is 1.72 bits per heavy atom. The van der Waals surface area contributed by atoms with Crippen LogP contribution in [-0.2, 0) is 4.79 Å². The van der Waals surface area contributed by atoms with Crippen molar-refractivity contribution in [3.05, 3.63) is 95.1 Å². The average molecular weight is 403 g/mol. The van der Waals surface area contributed by atoms with E-state index >= 15 is 0 Å². The van der Waals surface area contributed by atoms with Crippen molar-refractivity contribution in [3.63, 3.8) is 0 Å². The van der Waals surface area contributed by atoms with E-state index in [1.54, 1.807) is 23.9 Å². The Morgan fingerprint density at radius 3 is 2.52 bits per heavy atom. The lowest BCUT2D eigenvalue weighted by Gasteiger charge is -2.27. The molecule has 4 rings (SSSR count). The van der Waals surface area contributed by atoms with Gasteiger partial charge in [-0.25, -0.2) is 0 Å². The summed E-state index contributed by atoms with van der Waals surface area (Å²) >= 11 is 1.58. The maximum atomic E-state index is 12.8. The van der Waals surface area contributed by atoms with Gasteiger partial charge in [-0.1, -0.05) is 48.5 Å². The van der Waals surface area contributed by atoms with Crippen LogP contribution in [0.1, 0.15) is 32.4 Å². The summed E-state index contributed by atoms with van der Waals surface area (Å²) in [7, 11) is 0. The molecule has 0 bridgehead atoms. The molecule has 0 aliphatic carbocycles. The summed E-state index contributed by atoms with van der Waals surface area (Å²) in [5, 5.41) is 2.84. The Morgan fingerprint density at radius 1 is 1.00 bits per heavy atom. The third kappa shape index (κ3) is 3.91. The van der Waals surface area contributed by atoms with Crippen molar-refractivity contribution in [3.8, 4) is 0 Å². The Kier molecular flexibility index (Phi) is 5.41. The molecule has 5 heteroatoms. The number of anilines is 2. The number of hydrogen-bond acceptors (Lipinski definition) is 3. The first kappa shape index (κ1) is 19.3. The van der Waals surface area contributed by atoms with Crippen LogP contribution in [-0.4, -0.2) is 17.6 Å². The number of carbonyl (C=O) groups excluding carboxylic acids is 2. The quantitative estimate of drug-likeness (QED) is 0.641. The summed E-state index contributed by atoms with van der Waals surface area (Å²) in [5.74, 6) is 0.336. The molecule has 1 N–H and O–H groups in total. The smallest absolute Gasteiger partial charge is 0.255 e. The van der Waals surface area contributed by atoms with E-state index < -0.39 is 0 Å². The average Bonchev–Trinajstić information content (AvgIpc) is 3.12. The molecular weight excluding hydrogens is 380 g/mol. The highest BCUT2D eigenvalue weighted by atomic mass is 32.2. The van der Waals surface area contributed by atoms with E-state index in [1.807, 2.05) is 67.3 Å². The minimum atomic E-state index is -0.185. The van der Waals surface area contributed by atoms with Crippen molar-refractivity contribution in [1.82, 2.24) is 0 Å². The number of thioether (sulfide) groups is 1. The lowest BCUT2D eigenvalue weighted by molar-refractivity contribution is -0.115. The summed E-state index contributed by atoms with van der Waals surface area (Å²) in [6, 6.07) is 23.0. The van der Waals surface area contributed by atoms with Gasteiger partial charge >= 0.3 is 0 Å². The lowest BCUT2D eigenvalue weighted by Crippen LogP contribution is -2.29. The van der Waals surface area contributed by atoms with Crippen LogP contribution in [0.4, 0.5) is 11.4 Å². The number of carbonyl (C=O) groups is 2. The first-order valence-corrected chi connectivity index (χ1v) is 10.6. The molecular formula is C24H22N2O2S. The van der Waals surface area contributed by atoms with E-state index in [2.05, 4.69) is 17.4 Å². The number of benzene rings is 3. The standard InChI is InChI=1S/C24H22N2O2S/c1-16-12-13-17(2)21(14-16)26-22(27)15-29-24(26)19-10-6-7-11-20(19)25-23(28)18-8-4-3-5-9-18/h3-14,24H,15H2,1-2H3,(H,25,28)/t24-/m0/s1. The van der Waals surface area contributed by atoms with Crippen LogP contribution in [0.3, 0.4) is 0 Å². The number of nitrogens with one attached hydrogen (secondary N) is 1. The van der Waals surface area contributed by atoms with Crippen LogP contribution in [0.15, 0.2) is 72.8 Å². The largest absolute Gasteiger partial charge is 0.322 e. The molecule has 3 aromatic rings. The Hall–Kier alpha value is -3.05. The van der Waals surface area contributed by atoms with E-state index in [0.717, 1.165) is 28.1 Å². The van der Waals surface area contributed by atoms with Crippen LogP contribution in [0.5, 0.6) is 0 Å². The maximum absolute atomic E-state index is 12.8. The lowest BCUT2D eigenvalue weighted by atomic mass is 10.1. The second-order valence-electron chi connectivity index (χ2n) is 7.12. The first-order valence-electron chi connectivity index (χ1n) is 9.51. The van der Waals surface area contributed by atoms with Crippen molar-refractivity contribution in [2.45, 2.75) is 19.2 Å². The Bertz CT molecular complexity index is 1070. The third-order valence-corrected chi connectivity index (χ3v) is 6.20. The van der Waals surface area contributed by atoms with Gasteiger partial charge in [-0.15, -0.1) is 11.8 Å². The molecule has 1 aliphatic rings. The second kappa shape index (κ2) is 8.13. The van der Waals surface area contributed by atoms with E-state index in [4.69, 9.17) is 0 Å². The molecule has 146 valence electrons. The van der Waals surface area contributed by atoms with Gasteiger partial charge in [0.15, 0.2) is 0 Å². The highest BCUT2D eigenvalue weighted by molar-refractivity contribution is 8.00. The van der Waals surface area contributed by atoms with Gasteiger partial charge < -0.3 is 5.32 Å². The summed E-state index contributed by atoms with van der Waals surface area (Å²) in [4.78, 5) is 27.4. The number of amides is 2. The topological polar surface area (TPSA) is 49.4 Å². The molecule has 29 heavy (non-hydrogen) atoms. The number of hydrogen-bond donors (Lipinski definition) is 1. The van der Waals surface area contributed by atoms with Gasteiger partial charge in [0, 0.05) is 22.5 Å². The van der Waals surface area contributed by atoms with Gasteiger partial charge in [-0.05, 0) is 49.2 Å². The van der Waals surface area contributed by atoms with Crippen LogP contribution < -0.4 is 10.2 Å². The number of aryl methyl sites for hydroxylation is 2. The van der Waals surface area contributed by atoms with E-state index in [0.29, 0.717) is 11.3 Å². The molecule has 0 radical (unpaired) electrons. The Labute approximate surface area is 174 Å². The van der Waals surface area contributed by atoms with E-state index in [1.165, 1.54) is 0 Å². The van der Waals surface area contributed by atoms with Gasteiger partial charge in [-0.3, -0.25) is 14.5 Å². The molecule has 0 spiro atoms. The summed E-state index contributed by atoms with van der Waals surface area (Å²) in [6.45, 7) is 4.05. The zero-order chi connectivity index (χ0) is 20.4. The SMILES string of the molecule is Cc1ccc(C)c(N2C(=O)CS[C@H]2c2ccccc2NC(=O)c2ccccc2)c1. The van der Waals surface area contributed by atoms with Crippen molar-refractivity contribution >= 4 is 35.0 Å². The van der Waals surface area contributed by atoms with Gasteiger partial charge in [0.05, 0.1) is 5.75 Å². The predicted octanol–water partition coefficient (Wildman–Crippen LogP) is 5.33. The number of nitrogens with zero attached hydrogens (tertiary/aromatic N) is 1. The summed E-state index contributed by atoms with van der Waals surface area (Å²) < 4.78 is 0. The molecule has 0 unspecified atom stereocenters. The van der Waals surface area contributed by atoms with Crippen LogP contribution >= 0.6 is 11.8 Å². The van der Waals surface area contributed by atoms with Crippen molar-refractivity contribution in [1.29, 1.82) is 0 Å². The highest BCUT2D eigenvalue weighted by Gasteiger charge is 2.36. The van der Waals surface area contributed by atoms with Crippen molar-refractivity contribution in [2.24, 2.45) is 0 Å². The summed E-state index contributed by atoms with van der Waals surface area (Å²) in [5.41, 5.74) is 5.34. The third-order valence-electron chi connectivity index (χ3n) is 5.00. The van der Waals surface area contributed by atoms with Gasteiger partial charge in [0.2, 0.25) is 5.91 Å². The molecule has 3 aromatic carbocycles. The normalized spacial score (nSPS) is 16.1. The fourth-order valence-corrected chi connectivity index (χ4v) is 4.71. The number of para-hydroxylation sites is 1. The fraction of sp³-hybridized carbons (Fsp3) is 0.167. The molecule has 4 nitrogen and oxygen atoms in total.